The highest BCUT2D eigenvalue weighted by Crippen LogP contribution is 2.15. The molecule has 2 rings (SSSR count). The van der Waals surface area contributed by atoms with Crippen LogP contribution in [0.15, 0.2) is 64.5 Å². The van der Waals surface area contributed by atoms with Crippen LogP contribution in [0.4, 0.5) is 0 Å². The first-order valence-corrected chi connectivity index (χ1v) is 8.99. The van der Waals surface area contributed by atoms with Crippen LogP contribution in [0.2, 0.25) is 0 Å². The smallest absolute Gasteiger partial charge is 0.191 e. The second-order valence-electron chi connectivity index (χ2n) is 5.10. The summed E-state index contributed by atoms with van der Waals surface area (Å²) in [7, 11) is 0. The molecule has 4 nitrogen and oxygen atoms in total. The van der Waals surface area contributed by atoms with Gasteiger partial charge in [-0.15, -0.1) is 35.7 Å². The Bertz CT molecular complexity index is 698. The first-order valence-electron chi connectivity index (χ1n) is 8.01. The molecule has 2 N–H and O–H groups in total. The summed E-state index contributed by atoms with van der Waals surface area (Å²) >= 11 is 1.82. The molecular weight excluding hydrogens is 443 g/mol. The van der Waals surface area contributed by atoms with Gasteiger partial charge in [0, 0.05) is 23.7 Å². The molecule has 132 valence electrons. The summed E-state index contributed by atoms with van der Waals surface area (Å²) in [6.45, 7) is 4.25. The predicted octanol–water partition coefficient (Wildman–Crippen LogP) is 4.02. The lowest BCUT2D eigenvalue weighted by molar-refractivity contribution is 0.843. The van der Waals surface area contributed by atoms with Crippen LogP contribution in [0.5, 0.6) is 0 Å². The van der Waals surface area contributed by atoms with Crippen LogP contribution in [-0.4, -0.2) is 24.8 Å². The lowest BCUT2D eigenvalue weighted by Gasteiger charge is -2.11. The van der Waals surface area contributed by atoms with Crippen LogP contribution in [0.25, 0.3) is 0 Å². The van der Waals surface area contributed by atoms with Crippen molar-refractivity contribution in [1.82, 2.24) is 10.6 Å². The van der Waals surface area contributed by atoms with Crippen molar-refractivity contribution in [3.63, 3.8) is 0 Å². The Balaban J connectivity index is 0.00000312. The summed E-state index contributed by atoms with van der Waals surface area (Å²) in [4.78, 5) is 5.85. The molecule has 0 bridgehead atoms. The van der Waals surface area contributed by atoms with Crippen molar-refractivity contribution in [2.75, 3.05) is 18.8 Å². The third kappa shape index (κ3) is 8.27. The summed E-state index contributed by atoms with van der Waals surface area (Å²) in [6, 6.07) is 20.1. The van der Waals surface area contributed by atoms with Crippen LogP contribution in [0.1, 0.15) is 18.1 Å². The molecule has 2 aromatic carbocycles. The normalized spacial score (nSPS) is 10.5. The van der Waals surface area contributed by atoms with Gasteiger partial charge in [0.15, 0.2) is 5.96 Å². The number of rotatable bonds is 7. The van der Waals surface area contributed by atoms with E-state index in [1.165, 1.54) is 4.90 Å². The first kappa shape index (κ1) is 21.3. The van der Waals surface area contributed by atoms with E-state index in [9.17, 15) is 0 Å². The van der Waals surface area contributed by atoms with Crippen LogP contribution in [0, 0.1) is 11.3 Å². The number of hydrogen-bond donors (Lipinski definition) is 2. The molecule has 25 heavy (non-hydrogen) atoms. The Labute approximate surface area is 171 Å². The van der Waals surface area contributed by atoms with Gasteiger partial charge in [-0.3, -0.25) is 0 Å². The van der Waals surface area contributed by atoms with Gasteiger partial charge in [0.05, 0.1) is 18.2 Å². The highest BCUT2D eigenvalue weighted by molar-refractivity contribution is 14.0. The molecule has 6 heteroatoms. The van der Waals surface area contributed by atoms with E-state index in [4.69, 9.17) is 5.26 Å². The van der Waals surface area contributed by atoms with Crippen molar-refractivity contribution >= 4 is 41.7 Å². The number of guanidine groups is 1. The molecule has 0 aliphatic heterocycles. The predicted molar refractivity (Wildman–Crippen MR) is 117 cm³/mol. The average molecular weight is 466 g/mol. The quantitative estimate of drug-likeness (QED) is 0.213. The van der Waals surface area contributed by atoms with Crippen molar-refractivity contribution in [1.29, 1.82) is 5.26 Å². The van der Waals surface area contributed by atoms with E-state index in [1.807, 2.05) is 43.0 Å². The van der Waals surface area contributed by atoms with Gasteiger partial charge in [0.2, 0.25) is 0 Å². The topological polar surface area (TPSA) is 60.2 Å². The van der Waals surface area contributed by atoms with E-state index in [2.05, 4.69) is 46.0 Å². The van der Waals surface area contributed by atoms with Gasteiger partial charge in [-0.25, -0.2) is 4.99 Å². The molecular formula is C19H23IN4S. The Morgan fingerprint density at radius 1 is 1.12 bits per heavy atom. The van der Waals surface area contributed by atoms with Gasteiger partial charge >= 0.3 is 0 Å². The largest absolute Gasteiger partial charge is 0.357 e. The van der Waals surface area contributed by atoms with E-state index < -0.39 is 0 Å². The van der Waals surface area contributed by atoms with Gasteiger partial charge in [-0.05, 0) is 36.8 Å². The zero-order chi connectivity index (χ0) is 17.0. The van der Waals surface area contributed by atoms with Crippen molar-refractivity contribution in [2.24, 2.45) is 4.99 Å². The van der Waals surface area contributed by atoms with Crippen molar-refractivity contribution in [3.8, 4) is 6.07 Å². The molecule has 0 atom stereocenters. The van der Waals surface area contributed by atoms with E-state index >= 15 is 0 Å². The van der Waals surface area contributed by atoms with Gasteiger partial charge in [0.25, 0.3) is 0 Å². The molecule has 0 amide bonds. The third-order valence-electron chi connectivity index (χ3n) is 3.23. The number of nitrogens with zero attached hydrogens (tertiary/aromatic N) is 2. The molecule has 0 spiro atoms. The highest BCUT2D eigenvalue weighted by Gasteiger charge is 1.99. The zero-order valence-electron chi connectivity index (χ0n) is 14.2. The Kier molecular flexibility index (Phi) is 10.8. The first-order chi connectivity index (χ1) is 11.8. The minimum Gasteiger partial charge on any atom is -0.357 e. The maximum absolute atomic E-state index is 8.95. The lowest BCUT2D eigenvalue weighted by atomic mass is 10.1. The highest BCUT2D eigenvalue weighted by atomic mass is 127. The Morgan fingerprint density at radius 2 is 1.92 bits per heavy atom. The molecule has 0 saturated heterocycles. The van der Waals surface area contributed by atoms with E-state index in [0.717, 1.165) is 30.4 Å². The SMILES string of the molecule is CCNC(=NCc1cccc(C#N)c1)NCCSc1ccccc1.I. The second kappa shape index (κ2) is 12.6. The summed E-state index contributed by atoms with van der Waals surface area (Å²) in [5, 5.41) is 15.5. The number of benzene rings is 2. The molecule has 0 aliphatic carbocycles. The summed E-state index contributed by atoms with van der Waals surface area (Å²) in [6.07, 6.45) is 0. The molecule has 0 fully saturated rings. The third-order valence-corrected chi connectivity index (χ3v) is 4.24. The Hall–Kier alpha value is -1.72. The molecule has 2 aromatic rings. The van der Waals surface area contributed by atoms with Crippen molar-refractivity contribution in [3.05, 3.63) is 65.7 Å². The van der Waals surface area contributed by atoms with Gasteiger partial charge in [-0.1, -0.05) is 30.3 Å². The average Bonchev–Trinajstić information content (AvgIpc) is 2.64. The van der Waals surface area contributed by atoms with E-state index in [0.29, 0.717) is 12.1 Å². The minimum atomic E-state index is 0. The van der Waals surface area contributed by atoms with E-state index in [-0.39, 0.29) is 24.0 Å². The number of hydrogen-bond acceptors (Lipinski definition) is 3. The maximum atomic E-state index is 8.95. The molecule has 0 unspecified atom stereocenters. The van der Waals surface area contributed by atoms with Crippen LogP contribution in [-0.2, 0) is 6.54 Å². The van der Waals surface area contributed by atoms with Crippen LogP contribution < -0.4 is 10.6 Å². The number of halogens is 1. The summed E-state index contributed by atoms with van der Waals surface area (Å²) in [5.74, 6) is 1.77. The fourth-order valence-electron chi connectivity index (χ4n) is 2.11. The lowest BCUT2D eigenvalue weighted by Crippen LogP contribution is -2.38. The van der Waals surface area contributed by atoms with Crippen LogP contribution in [0.3, 0.4) is 0 Å². The van der Waals surface area contributed by atoms with Crippen molar-refractivity contribution in [2.45, 2.75) is 18.4 Å². The Morgan fingerprint density at radius 3 is 2.64 bits per heavy atom. The van der Waals surface area contributed by atoms with Crippen LogP contribution >= 0.6 is 35.7 Å². The second-order valence-corrected chi connectivity index (χ2v) is 6.26. The fraction of sp³-hybridized carbons (Fsp3) is 0.263. The molecule has 0 aromatic heterocycles. The monoisotopic (exact) mass is 466 g/mol. The maximum Gasteiger partial charge on any atom is 0.191 e. The van der Waals surface area contributed by atoms with Crippen molar-refractivity contribution < 1.29 is 0 Å². The molecule has 0 aliphatic rings. The summed E-state index contributed by atoms with van der Waals surface area (Å²) in [5.41, 5.74) is 1.70. The standard InChI is InChI=1S/C19H22N4S.HI/c1-2-21-19(22-11-12-24-18-9-4-3-5-10-18)23-15-17-8-6-7-16(13-17)14-20;/h3-10,13H,2,11-12,15H2,1H3,(H2,21,22,23);1H. The fourth-order valence-corrected chi connectivity index (χ4v) is 2.90. The van der Waals surface area contributed by atoms with E-state index in [1.54, 1.807) is 6.07 Å². The molecule has 0 saturated carbocycles. The molecule has 0 heterocycles. The van der Waals surface area contributed by atoms with Gasteiger partial charge < -0.3 is 10.6 Å². The number of nitrogens with one attached hydrogen (secondary N) is 2. The van der Waals surface area contributed by atoms with Gasteiger partial charge in [-0.2, -0.15) is 5.26 Å². The molecule has 0 radical (unpaired) electrons. The number of thioether (sulfide) groups is 1. The minimum absolute atomic E-state index is 0. The summed E-state index contributed by atoms with van der Waals surface area (Å²) < 4.78 is 0. The van der Waals surface area contributed by atoms with Gasteiger partial charge in [0.1, 0.15) is 0 Å². The number of aliphatic imine (C=N–C) groups is 1. The number of nitriles is 1. The zero-order valence-corrected chi connectivity index (χ0v) is 17.4.